The van der Waals surface area contributed by atoms with Crippen molar-refractivity contribution < 1.29 is 0 Å². The summed E-state index contributed by atoms with van der Waals surface area (Å²) in [6, 6.07) is 30.3. The van der Waals surface area contributed by atoms with Crippen LogP contribution in [0.15, 0.2) is 84.9 Å². The Morgan fingerprint density at radius 1 is 0.462 bits per heavy atom. The van der Waals surface area contributed by atoms with Crippen molar-refractivity contribution in [2.45, 2.75) is 26.2 Å². The van der Waals surface area contributed by atoms with Gasteiger partial charge in [-0.1, -0.05) is 60.7 Å². The van der Waals surface area contributed by atoms with Crippen molar-refractivity contribution in [1.29, 1.82) is 0 Å². The van der Waals surface area contributed by atoms with E-state index in [2.05, 4.69) is 121 Å². The van der Waals surface area contributed by atoms with Gasteiger partial charge in [0.25, 0.3) is 0 Å². The zero-order chi connectivity index (χ0) is 18.6. The van der Waals surface area contributed by atoms with Crippen LogP contribution in [0.25, 0.3) is 0 Å². The van der Waals surface area contributed by atoms with Crippen LogP contribution in [-0.4, -0.2) is 16.5 Å². The number of benzene rings is 3. The first kappa shape index (κ1) is 18.5. The molecule has 0 unspecified atom stereocenters. The van der Waals surface area contributed by atoms with Crippen molar-refractivity contribution in [1.82, 2.24) is 0 Å². The van der Waals surface area contributed by atoms with Crippen molar-refractivity contribution >= 4 is 38.2 Å². The Morgan fingerprint density at radius 3 is 1.08 bits per heavy atom. The molecule has 134 valence electrons. The summed E-state index contributed by atoms with van der Waals surface area (Å²) in [7, 11) is -3.46. The first-order valence-electron chi connectivity index (χ1n) is 9.14. The van der Waals surface area contributed by atoms with Gasteiger partial charge in [0.05, 0.1) is 0 Å². The normalized spacial score (nSPS) is 11.8. The van der Waals surface area contributed by atoms with E-state index in [-0.39, 0.29) is 0 Å². The molecule has 0 atom stereocenters. The molecule has 0 radical (unpaired) electrons. The van der Waals surface area contributed by atoms with Gasteiger partial charge in [0.15, 0.2) is 16.5 Å². The molecule has 0 bridgehead atoms. The summed E-state index contributed by atoms with van der Waals surface area (Å²) < 4.78 is 0. The molecule has 0 spiro atoms. The van der Waals surface area contributed by atoms with Crippen LogP contribution in [0.5, 0.6) is 0 Å². The van der Waals surface area contributed by atoms with Gasteiger partial charge in [-0.3, -0.25) is 0 Å². The Kier molecular flexibility index (Phi) is 5.34. The van der Waals surface area contributed by atoms with Crippen molar-refractivity contribution in [3.8, 4) is 0 Å². The highest BCUT2D eigenvalue weighted by molar-refractivity contribution is 6.93. The minimum absolute atomic E-state index is 1.20. The van der Waals surface area contributed by atoms with Gasteiger partial charge in [0, 0.05) is 11.4 Å². The molecule has 0 fully saturated rings. The maximum Gasteiger partial charge on any atom is 0.179 e. The first-order chi connectivity index (χ1) is 12.4. The first-order valence-corrected chi connectivity index (χ1v) is 15.1. The standard InChI is InChI=1S/C22H28N2Si2/c1-25(2,23-19-11-7-5-8-12-19)21-15-17-22(18-16-21)26(3,4)24-20-13-9-6-10-14-20/h5-18,23-24H,1-4H3. The van der Waals surface area contributed by atoms with Crippen LogP contribution < -0.4 is 20.3 Å². The van der Waals surface area contributed by atoms with Crippen molar-refractivity contribution in [2.24, 2.45) is 0 Å². The summed E-state index contributed by atoms with van der Waals surface area (Å²) in [4.78, 5) is 7.53. The Bertz CT molecular complexity index is 757. The molecule has 3 rings (SSSR count). The Hall–Kier alpha value is -2.31. The van der Waals surface area contributed by atoms with E-state index in [1.54, 1.807) is 0 Å². The Morgan fingerprint density at radius 2 is 0.769 bits per heavy atom. The Balaban J connectivity index is 1.77. The molecule has 2 nitrogen and oxygen atoms in total. The zero-order valence-corrected chi connectivity index (χ0v) is 18.1. The second-order valence-electron chi connectivity index (χ2n) is 7.81. The van der Waals surface area contributed by atoms with E-state index in [9.17, 15) is 0 Å². The highest BCUT2D eigenvalue weighted by Crippen LogP contribution is 2.14. The molecule has 26 heavy (non-hydrogen) atoms. The third kappa shape index (κ3) is 4.45. The van der Waals surface area contributed by atoms with Gasteiger partial charge in [-0.05, 0) is 60.8 Å². The number of hydrogen-bond donors (Lipinski definition) is 2. The molecule has 3 aromatic carbocycles. The number of nitrogens with one attached hydrogen (secondary N) is 2. The predicted octanol–water partition coefficient (Wildman–Crippen LogP) is 4.74. The molecule has 0 saturated carbocycles. The number of hydrogen-bond acceptors (Lipinski definition) is 2. The van der Waals surface area contributed by atoms with Crippen LogP contribution in [0, 0.1) is 0 Å². The number of rotatable bonds is 6. The highest BCUT2D eigenvalue weighted by atomic mass is 28.3. The number of para-hydroxylation sites is 2. The molecule has 2 N–H and O–H groups in total. The molecule has 0 aromatic heterocycles. The van der Waals surface area contributed by atoms with Gasteiger partial charge >= 0.3 is 0 Å². The minimum Gasteiger partial charge on any atom is -0.407 e. The van der Waals surface area contributed by atoms with Gasteiger partial charge in [0.2, 0.25) is 0 Å². The lowest BCUT2D eigenvalue weighted by Crippen LogP contribution is -2.52. The largest absolute Gasteiger partial charge is 0.407 e. The second-order valence-corrected chi connectivity index (χ2v) is 16.0. The lowest BCUT2D eigenvalue weighted by Gasteiger charge is -2.28. The molecule has 4 heteroatoms. The zero-order valence-electron chi connectivity index (χ0n) is 16.1. The van der Waals surface area contributed by atoms with Crippen LogP contribution in [-0.2, 0) is 0 Å². The average Bonchev–Trinajstić information content (AvgIpc) is 2.63. The fourth-order valence-electron chi connectivity index (χ4n) is 3.21. The van der Waals surface area contributed by atoms with Crippen molar-refractivity contribution in [2.75, 3.05) is 9.96 Å². The van der Waals surface area contributed by atoms with E-state index in [4.69, 9.17) is 0 Å². The van der Waals surface area contributed by atoms with Gasteiger partial charge in [-0.25, -0.2) is 0 Å². The van der Waals surface area contributed by atoms with E-state index < -0.39 is 16.5 Å². The summed E-state index contributed by atoms with van der Waals surface area (Å²) >= 11 is 0. The summed E-state index contributed by atoms with van der Waals surface area (Å²) in [6.07, 6.45) is 0. The lowest BCUT2D eigenvalue weighted by atomic mass is 10.3. The van der Waals surface area contributed by atoms with Crippen molar-refractivity contribution in [3.63, 3.8) is 0 Å². The fraction of sp³-hybridized carbons (Fsp3) is 0.182. The summed E-state index contributed by atoms with van der Waals surface area (Å²) in [6.45, 7) is 9.44. The summed E-state index contributed by atoms with van der Waals surface area (Å²) in [5.74, 6) is 0. The van der Waals surface area contributed by atoms with E-state index in [1.807, 2.05) is 0 Å². The molecule has 3 aromatic rings. The molecule has 0 aliphatic rings. The SMILES string of the molecule is C[Si](C)(Nc1ccccc1)c1ccc([Si](C)(C)Nc2ccccc2)cc1. The minimum atomic E-state index is -1.73. The van der Waals surface area contributed by atoms with Crippen LogP contribution in [0.1, 0.15) is 0 Å². The second kappa shape index (κ2) is 7.52. The Labute approximate surface area is 159 Å². The van der Waals surface area contributed by atoms with E-state index in [0.717, 1.165) is 0 Å². The predicted molar refractivity (Wildman–Crippen MR) is 121 cm³/mol. The molecule has 0 amide bonds. The van der Waals surface area contributed by atoms with Gasteiger partial charge in [-0.2, -0.15) is 0 Å². The molecule has 0 aliphatic carbocycles. The number of anilines is 2. The topological polar surface area (TPSA) is 24.1 Å². The third-order valence-corrected chi connectivity index (χ3v) is 10.2. The highest BCUT2D eigenvalue weighted by Gasteiger charge is 2.27. The third-order valence-electron chi connectivity index (χ3n) is 4.79. The smallest absolute Gasteiger partial charge is 0.179 e. The molecular formula is C22H28N2Si2. The van der Waals surface area contributed by atoms with Crippen LogP contribution in [0.4, 0.5) is 11.4 Å². The lowest BCUT2D eigenvalue weighted by molar-refractivity contribution is 1.57. The molecular weight excluding hydrogens is 348 g/mol. The monoisotopic (exact) mass is 376 g/mol. The van der Waals surface area contributed by atoms with E-state index in [1.165, 1.54) is 21.7 Å². The molecule has 0 saturated heterocycles. The summed E-state index contributed by atoms with van der Waals surface area (Å²) in [5.41, 5.74) is 2.40. The van der Waals surface area contributed by atoms with Gasteiger partial charge in [0.1, 0.15) is 0 Å². The quantitative estimate of drug-likeness (QED) is 0.608. The fourth-order valence-corrected chi connectivity index (χ4v) is 7.28. The van der Waals surface area contributed by atoms with Crippen LogP contribution in [0.3, 0.4) is 0 Å². The maximum atomic E-state index is 3.77. The molecule has 0 aliphatic heterocycles. The molecule has 0 heterocycles. The van der Waals surface area contributed by atoms with Crippen LogP contribution >= 0.6 is 0 Å². The van der Waals surface area contributed by atoms with E-state index >= 15 is 0 Å². The maximum absolute atomic E-state index is 3.77. The van der Waals surface area contributed by atoms with Crippen molar-refractivity contribution in [3.05, 3.63) is 84.9 Å². The average molecular weight is 377 g/mol. The van der Waals surface area contributed by atoms with E-state index in [0.29, 0.717) is 0 Å². The van der Waals surface area contributed by atoms with Crippen LogP contribution in [0.2, 0.25) is 26.2 Å². The van der Waals surface area contributed by atoms with Gasteiger partial charge in [-0.15, -0.1) is 0 Å². The van der Waals surface area contributed by atoms with Gasteiger partial charge < -0.3 is 9.96 Å². The summed E-state index contributed by atoms with van der Waals surface area (Å²) in [5, 5.41) is 2.85.